The van der Waals surface area contributed by atoms with Crippen LogP contribution < -0.4 is 5.46 Å². The number of aromatic nitrogens is 2. The highest BCUT2D eigenvalue weighted by molar-refractivity contribution is 14.1. The van der Waals surface area contributed by atoms with Gasteiger partial charge in [-0.15, -0.1) is 0 Å². The Hall–Kier alpha value is -0.205. The van der Waals surface area contributed by atoms with E-state index in [0.717, 1.165) is 0 Å². The van der Waals surface area contributed by atoms with Gasteiger partial charge in [0, 0.05) is 40.4 Å². The summed E-state index contributed by atoms with van der Waals surface area (Å²) in [6.45, 7) is 0. The molecule has 0 saturated heterocycles. The predicted octanol–water partition coefficient (Wildman–Crippen LogP) is -1.24. The molecular formula is C4H4BIN2O2. The SMILES string of the molecule is OB(O)c1cnc(I)nc1. The van der Waals surface area contributed by atoms with Gasteiger partial charge < -0.3 is 10.0 Å². The number of hydrogen-bond acceptors (Lipinski definition) is 4. The minimum atomic E-state index is -1.48. The lowest BCUT2D eigenvalue weighted by Crippen LogP contribution is -2.30. The Bertz CT molecular complexity index is 215. The lowest BCUT2D eigenvalue weighted by molar-refractivity contribution is 0.425. The van der Waals surface area contributed by atoms with Crippen molar-refractivity contribution in [1.82, 2.24) is 9.97 Å². The van der Waals surface area contributed by atoms with Gasteiger partial charge in [0.05, 0.1) is 0 Å². The van der Waals surface area contributed by atoms with Crippen molar-refractivity contribution in [3.05, 3.63) is 16.2 Å². The molecule has 0 unspecified atom stereocenters. The van der Waals surface area contributed by atoms with Crippen molar-refractivity contribution < 1.29 is 10.0 Å². The lowest BCUT2D eigenvalue weighted by atomic mass is 9.83. The summed E-state index contributed by atoms with van der Waals surface area (Å²) in [7, 11) is -1.48. The van der Waals surface area contributed by atoms with E-state index in [1.54, 1.807) is 0 Å². The maximum atomic E-state index is 8.59. The molecule has 0 aliphatic heterocycles. The van der Waals surface area contributed by atoms with Crippen LogP contribution in [0.15, 0.2) is 12.4 Å². The van der Waals surface area contributed by atoms with E-state index in [0.29, 0.717) is 9.29 Å². The van der Waals surface area contributed by atoms with E-state index in [2.05, 4.69) is 9.97 Å². The second-order valence-electron chi connectivity index (χ2n) is 1.66. The van der Waals surface area contributed by atoms with Crippen LogP contribution in [0, 0.1) is 3.83 Å². The summed E-state index contributed by atoms with van der Waals surface area (Å²) in [5, 5.41) is 17.2. The van der Waals surface area contributed by atoms with Gasteiger partial charge in [0.1, 0.15) is 0 Å². The molecule has 4 nitrogen and oxygen atoms in total. The zero-order valence-corrected chi connectivity index (χ0v) is 7.06. The fraction of sp³-hybridized carbons (Fsp3) is 0. The topological polar surface area (TPSA) is 66.2 Å². The van der Waals surface area contributed by atoms with Crippen molar-refractivity contribution in [2.24, 2.45) is 0 Å². The molecule has 6 heteroatoms. The zero-order valence-electron chi connectivity index (χ0n) is 4.90. The van der Waals surface area contributed by atoms with Crippen molar-refractivity contribution >= 4 is 35.2 Å². The van der Waals surface area contributed by atoms with Crippen molar-refractivity contribution in [2.75, 3.05) is 0 Å². The smallest absolute Gasteiger partial charge is 0.423 e. The molecule has 0 radical (unpaired) electrons. The van der Waals surface area contributed by atoms with E-state index in [9.17, 15) is 0 Å². The standard InChI is InChI=1S/C4H4BIN2O2/c6-4-7-1-3(2-8-4)5(9)10/h1-2,9-10H. The summed E-state index contributed by atoms with van der Waals surface area (Å²) < 4.78 is 0.585. The predicted molar refractivity (Wildman–Crippen MR) is 44.6 cm³/mol. The van der Waals surface area contributed by atoms with E-state index in [4.69, 9.17) is 10.0 Å². The van der Waals surface area contributed by atoms with E-state index < -0.39 is 7.12 Å². The molecule has 0 aliphatic carbocycles. The Morgan fingerprint density at radius 2 is 1.80 bits per heavy atom. The number of hydrogen-bond donors (Lipinski definition) is 2. The molecule has 0 spiro atoms. The van der Waals surface area contributed by atoms with E-state index in [-0.39, 0.29) is 0 Å². The first kappa shape index (κ1) is 7.90. The summed E-state index contributed by atoms with van der Waals surface area (Å²) in [6, 6.07) is 0. The molecule has 1 aromatic heterocycles. The highest BCUT2D eigenvalue weighted by atomic mass is 127. The third kappa shape index (κ3) is 1.89. The molecule has 1 aromatic rings. The Labute approximate surface area is 71.6 Å². The Morgan fingerprint density at radius 3 is 2.20 bits per heavy atom. The van der Waals surface area contributed by atoms with Crippen LogP contribution >= 0.6 is 22.6 Å². The van der Waals surface area contributed by atoms with Gasteiger partial charge >= 0.3 is 7.12 Å². The molecule has 0 aromatic carbocycles. The first-order valence-corrected chi connectivity index (χ1v) is 3.61. The summed E-state index contributed by atoms with van der Waals surface area (Å²) in [5.41, 5.74) is 0.306. The van der Waals surface area contributed by atoms with Crippen molar-refractivity contribution in [1.29, 1.82) is 0 Å². The lowest BCUT2D eigenvalue weighted by Gasteiger charge is -1.95. The summed E-state index contributed by atoms with van der Waals surface area (Å²) >= 11 is 1.93. The van der Waals surface area contributed by atoms with Gasteiger partial charge in [0.15, 0.2) is 3.83 Å². The Morgan fingerprint density at radius 1 is 1.30 bits per heavy atom. The third-order valence-corrected chi connectivity index (χ3v) is 1.50. The van der Waals surface area contributed by atoms with Gasteiger partial charge in [-0.25, -0.2) is 9.97 Å². The van der Waals surface area contributed by atoms with Crippen LogP contribution in [-0.2, 0) is 0 Å². The number of halogens is 1. The molecule has 1 heterocycles. The maximum absolute atomic E-state index is 8.59. The molecule has 0 aliphatic rings. The highest BCUT2D eigenvalue weighted by Crippen LogP contribution is 1.89. The molecule has 52 valence electrons. The molecule has 0 amide bonds. The average Bonchev–Trinajstić information content (AvgIpc) is 1.88. The van der Waals surface area contributed by atoms with Crippen molar-refractivity contribution in [3.8, 4) is 0 Å². The minimum Gasteiger partial charge on any atom is -0.423 e. The highest BCUT2D eigenvalue weighted by Gasteiger charge is 2.10. The molecule has 0 fully saturated rings. The van der Waals surface area contributed by atoms with Gasteiger partial charge in [0.25, 0.3) is 0 Å². The largest absolute Gasteiger partial charge is 0.491 e. The quantitative estimate of drug-likeness (QED) is 0.371. The fourth-order valence-corrected chi connectivity index (χ4v) is 0.734. The number of nitrogens with zero attached hydrogens (tertiary/aromatic N) is 2. The third-order valence-electron chi connectivity index (χ3n) is 0.938. The maximum Gasteiger partial charge on any atom is 0.491 e. The Balaban J connectivity index is 2.89. The van der Waals surface area contributed by atoms with E-state index >= 15 is 0 Å². The van der Waals surface area contributed by atoms with Gasteiger partial charge in [-0.2, -0.15) is 0 Å². The second-order valence-corrected chi connectivity index (χ2v) is 2.62. The van der Waals surface area contributed by atoms with Crippen molar-refractivity contribution in [3.63, 3.8) is 0 Å². The summed E-state index contributed by atoms with van der Waals surface area (Å²) in [5.74, 6) is 0. The van der Waals surface area contributed by atoms with Gasteiger partial charge in [-0.1, -0.05) is 0 Å². The first-order valence-electron chi connectivity index (χ1n) is 2.54. The van der Waals surface area contributed by atoms with Crippen LogP contribution in [0.2, 0.25) is 0 Å². The average molecular weight is 250 g/mol. The molecular weight excluding hydrogens is 246 g/mol. The van der Waals surface area contributed by atoms with Crippen molar-refractivity contribution in [2.45, 2.75) is 0 Å². The van der Waals surface area contributed by atoms with Crippen LogP contribution in [0.25, 0.3) is 0 Å². The molecule has 0 atom stereocenters. The van der Waals surface area contributed by atoms with Crippen LogP contribution in [0.3, 0.4) is 0 Å². The van der Waals surface area contributed by atoms with E-state index in [1.807, 2.05) is 22.6 Å². The van der Waals surface area contributed by atoms with Crippen LogP contribution in [0.1, 0.15) is 0 Å². The Kier molecular flexibility index (Phi) is 2.58. The minimum absolute atomic E-state index is 0.306. The van der Waals surface area contributed by atoms with Gasteiger partial charge in [-0.05, 0) is 0 Å². The van der Waals surface area contributed by atoms with Crippen LogP contribution in [0.4, 0.5) is 0 Å². The normalized spacial score (nSPS) is 9.50. The summed E-state index contributed by atoms with van der Waals surface area (Å²) in [4.78, 5) is 7.51. The van der Waals surface area contributed by atoms with Crippen LogP contribution in [-0.4, -0.2) is 27.1 Å². The first-order chi connectivity index (χ1) is 4.70. The van der Waals surface area contributed by atoms with Gasteiger partial charge in [0.2, 0.25) is 0 Å². The zero-order chi connectivity index (χ0) is 7.56. The number of rotatable bonds is 1. The monoisotopic (exact) mass is 250 g/mol. The van der Waals surface area contributed by atoms with E-state index in [1.165, 1.54) is 12.4 Å². The second kappa shape index (κ2) is 3.26. The molecule has 0 saturated carbocycles. The molecule has 1 rings (SSSR count). The molecule has 0 bridgehead atoms. The van der Waals surface area contributed by atoms with Crippen LogP contribution in [0.5, 0.6) is 0 Å². The fourth-order valence-electron chi connectivity index (χ4n) is 0.456. The molecule has 2 N–H and O–H groups in total. The summed E-state index contributed by atoms with van der Waals surface area (Å²) in [6.07, 6.45) is 2.75. The van der Waals surface area contributed by atoms with Gasteiger partial charge in [-0.3, -0.25) is 0 Å². The molecule has 10 heavy (non-hydrogen) atoms.